The van der Waals surface area contributed by atoms with Crippen molar-refractivity contribution in [3.8, 4) is 0 Å². The zero-order valence-corrected chi connectivity index (χ0v) is 16.6. The third-order valence-corrected chi connectivity index (χ3v) is 3.98. The van der Waals surface area contributed by atoms with Crippen molar-refractivity contribution >= 4 is 23.8 Å². The number of nitrogens with zero attached hydrogens (tertiary/aromatic N) is 4. The number of amides is 1. The van der Waals surface area contributed by atoms with Gasteiger partial charge in [-0.1, -0.05) is 39.5 Å². The molecule has 0 aliphatic carbocycles. The Hall–Kier alpha value is -1.57. The molecule has 136 valence electrons. The Morgan fingerprint density at radius 1 is 1.25 bits per heavy atom. The molecule has 0 spiro atoms. The predicted molar refractivity (Wildman–Crippen MR) is 94.4 cm³/mol. The Morgan fingerprint density at radius 3 is 2.29 bits per heavy atom. The summed E-state index contributed by atoms with van der Waals surface area (Å²) in [6.45, 7) is 11.5. The molecule has 7 nitrogen and oxygen atoms in total. The molecule has 1 aromatic rings. The van der Waals surface area contributed by atoms with Gasteiger partial charge in [0.2, 0.25) is 0 Å². The van der Waals surface area contributed by atoms with Crippen LogP contribution in [0.1, 0.15) is 53.8 Å². The average molecular weight is 356 g/mol. The first-order chi connectivity index (χ1) is 10.9. The van der Waals surface area contributed by atoms with Crippen LogP contribution >= 0.6 is 11.8 Å². The van der Waals surface area contributed by atoms with Crippen LogP contribution in [0.2, 0.25) is 0 Å². The van der Waals surface area contributed by atoms with Gasteiger partial charge >= 0.3 is 12.0 Å². The Morgan fingerprint density at radius 2 is 1.83 bits per heavy atom. The SMILES string of the molecule is CC(C)OC(=O)CC(C)Sc1nc(C(C)(C)C)nn1C(=O)N(C)C. The smallest absolute Gasteiger partial charge is 0.346 e. The predicted octanol–water partition coefficient (Wildman–Crippen LogP) is 2.93. The molecule has 0 aliphatic rings. The zero-order chi connectivity index (χ0) is 18.7. The van der Waals surface area contributed by atoms with Crippen molar-refractivity contribution in [3.63, 3.8) is 0 Å². The maximum absolute atomic E-state index is 12.3. The number of esters is 1. The highest BCUT2D eigenvalue weighted by molar-refractivity contribution is 7.99. The molecular weight excluding hydrogens is 328 g/mol. The summed E-state index contributed by atoms with van der Waals surface area (Å²) >= 11 is 1.35. The molecule has 1 heterocycles. The van der Waals surface area contributed by atoms with Crippen molar-refractivity contribution < 1.29 is 14.3 Å². The minimum atomic E-state index is -0.271. The fraction of sp³-hybridized carbons (Fsp3) is 0.750. The maximum Gasteiger partial charge on any atom is 0.346 e. The van der Waals surface area contributed by atoms with Gasteiger partial charge in [0.05, 0.1) is 12.5 Å². The molecule has 1 unspecified atom stereocenters. The highest BCUT2D eigenvalue weighted by Gasteiger charge is 2.26. The lowest BCUT2D eigenvalue weighted by Crippen LogP contribution is -2.29. The maximum atomic E-state index is 12.3. The Labute approximate surface area is 148 Å². The van der Waals surface area contributed by atoms with E-state index < -0.39 is 0 Å². The molecule has 1 atom stereocenters. The van der Waals surface area contributed by atoms with Gasteiger partial charge in [-0.3, -0.25) is 4.79 Å². The molecule has 1 amide bonds. The summed E-state index contributed by atoms with van der Waals surface area (Å²) in [6.07, 6.45) is 0.109. The second-order valence-corrected chi connectivity index (χ2v) is 8.63. The van der Waals surface area contributed by atoms with Crippen LogP contribution in [0.4, 0.5) is 4.79 Å². The monoisotopic (exact) mass is 356 g/mol. The molecule has 0 saturated carbocycles. The van der Waals surface area contributed by atoms with Crippen LogP contribution in [-0.2, 0) is 14.9 Å². The average Bonchev–Trinajstić information content (AvgIpc) is 2.79. The van der Waals surface area contributed by atoms with Gasteiger partial charge in [0.25, 0.3) is 0 Å². The summed E-state index contributed by atoms with van der Waals surface area (Å²) in [5.74, 6) is 0.336. The number of hydrogen-bond acceptors (Lipinski definition) is 6. The molecule has 1 rings (SSSR count). The summed E-state index contributed by atoms with van der Waals surface area (Å²) in [5, 5.41) is 4.77. The minimum Gasteiger partial charge on any atom is -0.463 e. The van der Waals surface area contributed by atoms with Crippen LogP contribution in [-0.4, -0.2) is 57.1 Å². The number of aromatic nitrogens is 3. The number of rotatable bonds is 5. The third-order valence-electron chi connectivity index (χ3n) is 2.94. The molecule has 0 saturated heterocycles. The first kappa shape index (κ1) is 20.5. The largest absolute Gasteiger partial charge is 0.463 e. The summed E-state index contributed by atoms with van der Waals surface area (Å²) in [4.78, 5) is 30.1. The van der Waals surface area contributed by atoms with Gasteiger partial charge in [-0.25, -0.2) is 9.78 Å². The van der Waals surface area contributed by atoms with Gasteiger partial charge in [0.1, 0.15) is 0 Å². The molecule has 0 fully saturated rings. The number of carbonyl (C=O) groups is 2. The van der Waals surface area contributed by atoms with Crippen LogP contribution in [0.15, 0.2) is 5.16 Å². The van der Waals surface area contributed by atoms with E-state index in [0.29, 0.717) is 11.0 Å². The van der Waals surface area contributed by atoms with Crippen molar-refractivity contribution in [3.05, 3.63) is 5.82 Å². The van der Waals surface area contributed by atoms with Crippen LogP contribution in [0.25, 0.3) is 0 Å². The fourth-order valence-electron chi connectivity index (χ4n) is 1.77. The summed E-state index contributed by atoms with van der Waals surface area (Å²) in [7, 11) is 3.33. The van der Waals surface area contributed by atoms with Crippen LogP contribution in [0.3, 0.4) is 0 Å². The van der Waals surface area contributed by atoms with E-state index in [1.54, 1.807) is 14.1 Å². The summed E-state index contributed by atoms with van der Waals surface area (Å²) in [6, 6.07) is -0.266. The van der Waals surface area contributed by atoms with Gasteiger partial charge in [-0.15, -0.1) is 5.10 Å². The van der Waals surface area contributed by atoms with E-state index in [-0.39, 0.29) is 35.2 Å². The highest BCUT2D eigenvalue weighted by Crippen LogP contribution is 2.27. The Kier molecular flexibility index (Phi) is 6.83. The van der Waals surface area contributed by atoms with Gasteiger partial charge in [0.15, 0.2) is 11.0 Å². The molecule has 0 N–H and O–H groups in total. The lowest BCUT2D eigenvalue weighted by Gasteiger charge is -2.14. The number of hydrogen-bond donors (Lipinski definition) is 0. The Balaban J connectivity index is 2.98. The molecular formula is C16H28N4O3S. The molecule has 0 aromatic carbocycles. The van der Waals surface area contributed by atoms with Crippen LogP contribution in [0.5, 0.6) is 0 Å². The van der Waals surface area contributed by atoms with Crippen LogP contribution in [0, 0.1) is 0 Å². The third kappa shape index (κ3) is 5.81. The highest BCUT2D eigenvalue weighted by atomic mass is 32.2. The zero-order valence-electron chi connectivity index (χ0n) is 15.8. The molecule has 8 heteroatoms. The van der Waals surface area contributed by atoms with Gasteiger partial charge in [0, 0.05) is 24.8 Å². The summed E-state index contributed by atoms with van der Waals surface area (Å²) < 4.78 is 6.46. The number of ether oxygens (including phenoxy) is 1. The lowest BCUT2D eigenvalue weighted by atomic mass is 9.96. The standard InChI is InChI=1S/C16H28N4O3S/c1-10(2)23-12(21)9-11(3)24-14-17-13(16(4,5)6)18-20(14)15(22)19(7)8/h10-11H,9H2,1-8H3. The van der Waals surface area contributed by atoms with Crippen LogP contribution < -0.4 is 0 Å². The molecule has 24 heavy (non-hydrogen) atoms. The van der Waals surface area contributed by atoms with Gasteiger partial charge in [-0.2, -0.15) is 4.68 Å². The van der Waals surface area contributed by atoms with E-state index in [2.05, 4.69) is 10.1 Å². The van der Waals surface area contributed by atoms with Gasteiger partial charge in [-0.05, 0) is 13.8 Å². The van der Waals surface area contributed by atoms with E-state index in [0.717, 1.165) is 0 Å². The van der Waals surface area contributed by atoms with Crippen molar-refractivity contribution in [2.75, 3.05) is 14.1 Å². The lowest BCUT2D eigenvalue weighted by molar-refractivity contribution is -0.147. The molecule has 0 aliphatic heterocycles. The van der Waals surface area contributed by atoms with Crippen molar-refractivity contribution in [2.24, 2.45) is 0 Å². The van der Waals surface area contributed by atoms with Gasteiger partial charge < -0.3 is 9.64 Å². The van der Waals surface area contributed by atoms with E-state index in [1.165, 1.54) is 21.3 Å². The van der Waals surface area contributed by atoms with E-state index in [1.807, 2.05) is 41.5 Å². The number of carbonyl (C=O) groups excluding carboxylic acids is 2. The molecule has 0 bridgehead atoms. The van der Waals surface area contributed by atoms with Crippen molar-refractivity contribution in [1.29, 1.82) is 0 Å². The molecule has 1 aromatic heterocycles. The van der Waals surface area contributed by atoms with E-state index >= 15 is 0 Å². The molecule has 0 radical (unpaired) electrons. The Bertz CT molecular complexity index is 591. The second kappa shape index (κ2) is 8.00. The summed E-state index contributed by atoms with van der Waals surface area (Å²) in [5.41, 5.74) is -0.271. The van der Waals surface area contributed by atoms with Crippen molar-refractivity contribution in [1.82, 2.24) is 19.7 Å². The minimum absolute atomic E-state index is 0.0815. The quantitative estimate of drug-likeness (QED) is 0.596. The number of thioether (sulfide) groups is 1. The van der Waals surface area contributed by atoms with E-state index in [4.69, 9.17) is 4.74 Å². The van der Waals surface area contributed by atoms with E-state index in [9.17, 15) is 9.59 Å². The van der Waals surface area contributed by atoms with Crippen molar-refractivity contribution in [2.45, 2.75) is 69.9 Å². The first-order valence-corrected chi connectivity index (χ1v) is 8.85. The first-order valence-electron chi connectivity index (χ1n) is 7.97. The fourth-order valence-corrected chi connectivity index (χ4v) is 2.71. The second-order valence-electron chi connectivity index (χ2n) is 7.23. The normalized spacial score (nSPS) is 13.0. The topological polar surface area (TPSA) is 77.3 Å².